The normalized spacial score (nSPS) is 16.7. The lowest BCUT2D eigenvalue weighted by atomic mass is 9.93. The molecule has 0 spiro atoms. The summed E-state index contributed by atoms with van der Waals surface area (Å²) in [5, 5.41) is 11.1. The quantitative estimate of drug-likeness (QED) is 0.526. The fourth-order valence-corrected chi connectivity index (χ4v) is 4.74. The van der Waals surface area contributed by atoms with Crippen molar-refractivity contribution in [2.75, 3.05) is 0 Å². The molecule has 1 N–H and O–H groups in total. The maximum Gasteiger partial charge on any atom is 0.501 e. The number of fused-ring (bicyclic) bond motifs is 3. The van der Waals surface area contributed by atoms with Crippen molar-refractivity contribution >= 4 is 27.4 Å². The molecule has 2 aliphatic rings. The number of hydrogen-bond donors (Lipinski definition) is 1. The molecule has 0 saturated carbocycles. The SMILES string of the molecule is CC(C)=CCc1c2c(c(O)c3c(=O)c(-c4ccc5c(c4)OS(=O)(=O)O5)coc13)C=CC(C)(C)O2. The second-order valence-electron chi connectivity index (χ2n) is 9.01. The maximum atomic E-state index is 13.6. The minimum atomic E-state index is -4.16. The summed E-state index contributed by atoms with van der Waals surface area (Å²) in [6.07, 6.45) is 7.29. The first-order valence-corrected chi connectivity index (χ1v) is 11.9. The van der Waals surface area contributed by atoms with E-state index < -0.39 is 21.4 Å². The Bertz CT molecular complexity index is 1590. The second-order valence-corrected chi connectivity index (χ2v) is 10.2. The Balaban J connectivity index is 1.76. The Morgan fingerprint density at radius 1 is 1.15 bits per heavy atom. The minimum absolute atomic E-state index is 0.0200. The number of hydrogen-bond acceptors (Lipinski definition) is 8. The number of allylic oxidation sites excluding steroid dienone is 2. The van der Waals surface area contributed by atoms with Crippen molar-refractivity contribution in [3.63, 3.8) is 0 Å². The lowest BCUT2D eigenvalue weighted by Gasteiger charge is -2.30. The zero-order valence-corrected chi connectivity index (χ0v) is 19.8. The van der Waals surface area contributed by atoms with Crippen LogP contribution in [0.25, 0.3) is 28.2 Å². The Morgan fingerprint density at radius 2 is 1.88 bits per heavy atom. The Labute approximate surface area is 196 Å². The van der Waals surface area contributed by atoms with E-state index in [1.165, 1.54) is 24.5 Å². The summed E-state index contributed by atoms with van der Waals surface area (Å²) < 4.78 is 44.8. The third-order valence-corrected chi connectivity index (χ3v) is 6.41. The smallest absolute Gasteiger partial charge is 0.501 e. The average molecular weight is 483 g/mol. The molecule has 3 aromatic rings. The molecule has 2 aromatic carbocycles. The van der Waals surface area contributed by atoms with E-state index in [0.717, 1.165) is 5.57 Å². The van der Waals surface area contributed by atoms with Gasteiger partial charge in [-0.15, -0.1) is 8.42 Å². The van der Waals surface area contributed by atoms with Crippen molar-refractivity contribution in [3.05, 3.63) is 63.5 Å². The first-order chi connectivity index (χ1) is 16.0. The van der Waals surface area contributed by atoms with Crippen LogP contribution in [0.15, 0.2) is 51.4 Å². The molecular weight excluding hydrogens is 460 g/mol. The van der Waals surface area contributed by atoms with E-state index in [-0.39, 0.29) is 33.8 Å². The van der Waals surface area contributed by atoms with Crippen molar-refractivity contribution in [2.45, 2.75) is 39.7 Å². The van der Waals surface area contributed by atoms with E-state index in [4.69, 9.17) is 17.5 Å². The minimum Gasteiger partial charge on any atom is -0.506 e. The van der Waals surface area contributed by atoms with Gasteiger partial charge >= 0.3 is 10.4 Å². The Hall–Kier alpha value is -3.72. The summed E-state index contributed by atoms with van der Waals surface area (Å²) in [5.74, 6) is 0.227. The number of phenols is 1. The van der Waals surface area contributed by atoms with Gasteiger partial charge in [-0.3, -0.25) is 4.79 Å². The molecule has 0 bridgehead atoms. The van der Waals surface area contributed by atoms with Crippen LogP contribution in [0.4, 0.5) is 0 Å². The van der Waals surface area contributed by atoms with Gasteiger partial charge in [0.15, 0.2) is 11.5 Å². The van der Waals surface area contributed by atoms with Crippen LogP contribution in [0.5, 0.6) is 23.0 Å². The third kappa shape index (κ3) is 3.62. The molecule has 176 valence electrons. The molecule has 0 aliphatic carbocycles. The van der Waals surface area contributed by atoms with Crippen molar-refractivity contribution in [3.8, 4) is 34.1 Å². The van der Waals surface area contributed by atoms with Gasteiger partial charge in [0.1, 0.15) is 34.3 Å². The maximum absolute atomic E-state index is 13.6. The van der Waals surface area contributed by atoms with Gasteiger partial charge in [-0.1, -0.05) is 17.7 Å². The summed E-state index contributed by atoms with van der Waals surface area (Å²) in [6, 6.07) is 4.29. The van der Waals surface area contributed by atoms with E-state index in [0.29, 0.717) is 28.9 Å². The van der Waals surface area contributed by atoms with Gasteiger partial charge in [0.2, 0.25) is 5.43 Å². The highest BCUT2D eigenvalue weighted by Gasteiger charge is 2.32. The highest BCUT2D eigenvalue weighted by atomic mass is 32.3. The highest BCUT2D eigenvalue weighted by molar-refractivity contribution is 7.82. The fourth-order valence-electron chi connectivity index (χ4n) is 4.00. The standard InChI is InChI=1S/C25H22O8S/c1-13(2)5-7-16-23-15(9-10-25(3,4)31-23)21(26)20-22(27)17(12-30-24(16)20)14-6-8-18-19(11-14)33-34(28,29)32-18/h5-6,8-12,26H,7H2,1-4H3. The van der Waals surface area contributed by atoms with Crippen molar-refractivity contribution in [1.82, 2.24) is 0 Å². The predicted octanol–water partition coefficient (Wildman–Crippen LogP) is 4.87. The molecule has 1 aromatic heterocycles. The number of phenolic OH excluding ortho intramolecular Hbond substituents is 1. The second kappa shape index (κ2) is 7.39. The van der Waals surface area contributed by atoms with Crippen LogP contribution in [0.3, 0.4) is 0 Å². The summed E-state index contributed by atoms with van der Waals surface area (Å²) in [6.45, 7) is 7.73. The van der Waals surface area contributed by atoms with E-state index >= 15 is 0 Å². The molecule has 34 heavy (non-hydrogen) atoms. The van der Waals surface area contributed by atoms with Crippen LogP contribution in [-0.2, 0) is 16.8 Å². The lowest BCUT2D eigenvalue weighted by Crippen LogP contribution is -2.28. The van der Waals surface area contributed by atoms with Gasteiger partial charge in [-0.2, -0.15) is 0 Å². The van der Waals surface area contributed by atoms with Crippen LogP contribution >= 0.6 is 0 Å². The molecule has 0 atom stereocenters. The molecule has 9 heteroatoms. The van der Waals surface area contributed by atoms with E-state index in [2.05, 4.69) is 0 Å². The molecule has 0 fully saturated rings. The van der Waals surface area contributed by atoms with Gasteiger partial charge in [0.25, 0.3) is 0 Å². The molecule has 0 saturated heterocycles. The van der Waals surface area contributed by atoms with E-state index in [1.807, 2.05) is 39.8 Å². The fraction of sp³-hybridized carbons (Fsp3) is 0.240. The Kier molecular flexibility index (Phi) is 4.80. The number of aromatic hydroxyl groups is 1. The van der Waals surface area contributed by atoms with Gasteiger partial charge in [-0.05, 0) is 64.0 Å². The molecule has 0 unspecified atom stereocenters. The van der Waals surface area contributed by atoms with Gasteiger partial charge in [-0.25, -0.2) is 0 Å². The monoisotopic (exact) mass is 482 g/mol. The van der Waals surface area contributed by atoms with Gasteiger partial charge in [0, 0.05) is 5.56 Å². The summed E-state index contributed by atoms with van der Waals surface area (Å²) in [4.78, 5) is 13.6. The van der Waals surface area contributed by atoms with E-state index in [9.17, 15) is 18.3 Å². The average Bonchev–Trinajstić information content (AvgIpc) is 3.05. The number of ether oxygens (including phenoxy) is 1. The molecular formula is C25H22O8S. The highest BCUT2D eigenvalue weighted by Crippen LogP contribution is 2.45. The molecule has 3 heterocycles. The summed E-state index contributed by atoms with van der Waals surface area (Å²) in [5.41, 5.74) is 1.79. The van der Waals surface area contributed by atoms with Crippen molar-refractivity contribution in [1.29, 1.82) is 0 Å². The first-order valence-electron chi connectivity index (χ1n) is 10.6. The first kappa shape index (κ1) is 22.1. The molecule has 2 aliphatic heterocycles. The van der Waals surface area contributed by atoms with Crippen LogP contribution in [-0.4, -0.2) is 19.1 Å². The summed E-state index contributed by atoms with van der Waals surface area (Å²) in [7, 11) is -4.16. The van der Waals surface area contributed by atoms with Gasteiger partial charge < -0.3 is 22.6 Å². The van der Waals surface area contributed by atoms with Crippen molar-refractivity contribution in [2.24, 2.45) is 0 Å². The molecule has 0 amide bonds. The number of benzene rings is 2. The largest absolute Gasteiger partial charge is 0.506 e. The van der Waals surface area contributed by atoms with Gasteiger partial charge in [0.05, 0.1) is 11.1 Å². The molecule has 0 radical (unpaired) electrons. The van der Waals surface area contributed by atoms with Crippen LogP contribution in [0.2, 0.25) is 0 Å². The lowest BCUT2D eigenvalue weighted by molar-refractivity contribution is 0.157. The topological polar surface area (TPSA) is 112 Å². The van der Waals surface area contributed by atoms with Crippen LogP contribution < -0.4 is 18.5 Å². The molecule has 5 rings (SSSR count). The van der Waals surface area contributed by atoms with Crippen LogP contribution in [0, 0.1) is 0 Å². The zero-order chi connectivity index (χ0) is 24.4. The summed E-state index contributed by atoms with van der Waals surface area (Å²) >= 11 is 0. The van der Waals surface area contributed by atoms with Crippen LogP contribution in [0.1, 0.15) is 38.8 Å². The van der Waals surface area contributed by atoms with Crippen molar-refractivity contribution < 1.29 is 31.0 Å². The molecule has 8 nitrogen and oxygen atoms in total. The zero-order valence-electron chi connectivity index (χ0n) is 19.0. The van der Waals surface area contributed by atoms with E-state index in [1.54, 1.807) is 6.08 Å². The number of rotatable bonds is 3. The predicted molar refractivity (Wildman–Crippen MR) is 127 cm³/mol. The third-order valence-electron chi connectivity index (χ3n) is 5.65. The Morgan fingerprint density at radius 3 is 2.62 bits per heavy atom.